The van der Waals surface area contributed by atoms with Crippen LogP contribution in [0.25, 0.3) is 0 Å². The van der Waals surface area contributed by atoms with Gasteiger partial charge in [0.2, 0.25) is 0 Å². The van der Waals surface area contributed by atoms with Crippen molar-refractivity contribution in [3.8, 4) is 0 Å². The van der Waals surface area contributed by atoms with E-state index in [9.17, 15) is 0 Å². The molecule has 0 saturated heterocycles. The zero-order chi connectivity index (χ0) is 10.1. The van der Waals surface area contributed by atoms with E-state index in [2.05, 4.69) is 36.4 Å². The Bertz CT molecular complexity index is 102. The maximum absolute atomic E-state index is 5.33. The summed E-state index contributed by atoms with van der Waals surface area (Å²) in [5.41, 5.74) is 0. The van der Waals surface area contributed by atoms with E-state index >= 15 is 0 Å². The standard InChI is InChI=1S/C11H23IO/c1-4-10(12)8-6-7-9-11(5-2)13-3/h10-11H,4-9H2,1-3H3. The number of methoxy groups -OCH3 is 1. The van der Waals surface area contributed by atoms with Crippen molar-refractivity contribution in [3.05, 3.63) is 0 Å². The Labute approximate surface area is 96.8 Å². The lowest BCUT2D eigenvalue weighted by Gasteiger charge is -2.12. The van der Waals surface area contributed by atoms with Crippen molar-refractivity contribution in [2.75, 3.05) is 7.11 Å². The van der Waals surface area contributed by atoms with Crippen LogP contribution in [0.3, 0.4) is 0 Å². The molecule has 0 radical (unpaired) electrons. The molecule has 80 valence electrons. The third-order valence-corrected chi connectivity index (χ3v) is 4.03. The van der Waals surface area contributed by atoms with Gasteiger partial charge in [-0.1, -0.05) is 49.3 Å². The normalized spacial score (nSPS) is 15.7. The zero-order valence-electron chi connectivity index (χ0n) is 9.18. The molecule has 0 saturated carbocycles. The summed E-state index contributed by atoms with van der Waals surface area (Å²) in [5, 5.41) is 0. The van der Waals surface area contributed by atoms with Gasteiger partial charge >= 0.3 is 0 Å². The fourth-order valence-electron chi connectivity index (χ4n) is 1.43. The first-order valence-electron chi connectivity index (χ1n) is 5.41. The Balaban J connectivity index is 3.23. The highest BCUT2D eigenvalue weighted by molar-refractivity contribution is 14.1. The Kier molecular flexibility index (Phi) is 9.74. The first-order chi connectivity index (χ1) is 6.24. The van der Waals surface area contributed by atoms with Gasteiger partial charge in [0, 0.05) is 11.0 Å². The summed E-state index contributed by atoms with van der Waals surface area (Å²) in [6, 6.07) is 0. The molecule has 0 heterocycles. The minimum atomic E-state index is 0.495. The van der Waals surface area contributed by atoms with Gasteiger partial charge in [-0.2, -0.15) is 0 Å². The molecule has 13 heavy (non-hydrogen) atoms. The number of ether oxygens (including phenoxy) is 1. The van der Waals surface area contributed by atoms with Crippen LogP contribution >= 0.6 is 22.6 Å². The second-order valence-electron chi connectivity index (χ2n) is 3.56. The first-order valence-corrected chi connectivity index (χ1v) is 6.66. The Morgan fingerprint density at radius 1 is 1.08 bits per heavy atom. The summed E-state index contributed by atoms with van der Waals surface area (Å²) in [5.74, 6) is 0. The Hall–Kier alpha value is 0.690. The molecule has 2 heteroatoms. The van der Waals surface area contributed by atoms with Gasteiger partial charge in [-0.15, -0.1) is 0 Å². The van der Waals surface area contributed by atoms with Crippen LogP contribution in [-0.4, -0.2) is 17.1 Å². The molecule has 0 aliphatic carbocycles. The minimum absolute atomic E-state index is 0.495. The van der Waals surface area contributed by atoms with Gasteiger partial charge in [0.15, 0.2) is 0 Å². The van der Waals surface area contributed by atoms with E-state index in [0.29, 0.717) is 6.10 Å². The van der Waals surface area contributed by atoms with Gasteiger partial charge in [-0.05, 0) is 25.7 Å². The molecule has 2 unspecified atom stereocenters. The summed E-state index contributed by atoms with van der Waals surface area (Å²) in [6.45, 7) is 4.46. The van der Waals surface area contributed by atoms with Crippen LogP contribution in [0.2, 0.25) is 0 Å². The van der Waals surface area contributed by atoms with Crippen molar-refractivity contribution in [1.82, 2.24) is 0 Å². The lowest BCUT2D eigenvalue weighted by molar-refractivity contribution is 0.0897. The maximum atomic E-state index is 5.33. The molecular formula is C11H23IO. The van der Waals surface area contributed by atoms with Crippen LogP contribution in [0, 0.1) is 0 Å². The molecule has 0 spiro atoms. The van der Waals surface area contributed by atoms with Crippen molar-refractivity contribution in [2.45, 2.75) is 62.4 Å². The minimum Gasteiger partial charge on any atom is -0.381 e. The van der Waals surface area contributed by atoms with E-state index in [1.165, 1.54) is 32.1 Å². The van der Waals surface area contributed by atoms with Crippen LogP contribution < -0.4 is 0 Å². The highest BCUT2D eigenvalue weighted by Gasteiger charge is 2.04. The van der Waals surface area contributed by atoms with E-state index in [1.54, 1.807) is 0 Å². The molecule has 0 aromatic rings. The summed E-state index contributed by atoms with van der Waals surface area (Å²) in [4.78, 5) is 0. The first kappa shape index (κ1) is 13.7. The predicted molar refractivity (Wildman–Crippen MR) is 67.7 cm³/mol. The Morgan fingerprint density at radius 3 is 2.15 bits per heavy atom. The molecule has 0 fully saturated rings. The van der Waals surface area contributed by atoms with E-state index in [4.69, 9.17) is 4.74 Å². The molecule has 0 aromatic heterocycles. The van der Waals surface area contributed by atoms with Crippen LogP contribution in [0.4, 0.5) is 0 Å². The topological polar surface area (TPSA) is 9.23 Å². The number of hydrogen-bond donors (Lipinski definition) is 0. The van der Waals surface area contributed by atoms with Crippen LogP contribution in [0.5, 0.6) is 0 Å². The van der Waals surface area contributed by atoms with Crippen molar-refractivity contribution >= 4 is 22.6 Å². The summed E-state index contributed by atoms with van der Waals surface area (Å²) < 4.78 is 6.21. The molecule has 1 nitrogen and oxygen atoms in total. The SMILES string of the molecule is CCC(I)CCCCC(CC)OC. The van der Waals surface area contributed by atoms with E-state index < -0.39 is 0 Å². The number of alkyl halides is 1. The largest absolute Gasteiger partial charge is 0.381 e. The third kappa shape index (κ3) is 7.74. The van der Waals surface area contributed by atoms with E-state index in [1.807, 2.05) is 7.11 Å². The monoisotopic (exact) mass is 298 g/mol. The Morgan fingerprint density at radius 2 is 1.69 bits per heavy atom. The zero-order valence-corrected chi connectivity index (χ0v) is 11.3. The number of unbranched alkanes of at least 4 members (excludes halogenated alkanes) is 1. The molecule has 0 rings (SSSR count). The van der Waals surface area contributed by atoms with Crippen molar-refractivity contribution in [1.29, 1.82) is 0 Å². The molecule has 0 bridgehead atoms. The molecule has 0 aromatic carbocycles. The van der Waals surface area contributed by atoms with Crippen LogP contribution in [0.1, 0.15) is 52.4 Å². The third-order valence-electron chi connectivity index (χ3n) is 2.53. The lowest BCUT2D eigenvalue weighted by atomic mass is 10.1. The molecule has 0 amide bonds. The fraction of sp³-hybridized carbons (Fsp3) is 1.00. The summed E-state index contributed by atoms with van der Waals surface area (Å²) in [7, 11) is 1.82. The molecule has 0 N–H and O–H groups in total. The second-order valence-corrected chi connectivity index (χ2v) is 5.32. The van der Waals surface area contributed by atoms with Gasteiger partial charge < -0.3 is 4.74 Å². The van der Waals surface area contributed by atoms with Gasteiger partial charge in [0.1, 0.15) is 0 Å². The number of hydrogen-bond acceptors (Lipinski definition) is 1. The van der Waals surface area contributed by atoms with Crippen molar-refractivity contribution < 1.29 is 4.74 Å². The fourth-order valence-corrected chi connectivity index (χ4v) is 1.87. The molecular weight excluding hydrogens is 275 g/mol. The maximum Gasteiger partial charge on any atom is 0.0568 e. The molecule has 2 atom stereocenters. The van der Waals surface area contributed by atoms with E-state index in [0.717, 1.165) is 10.3 Å². The number of rotatable bonds is 8. The van der Waals surface area contributed by atoms with Crippen LogP contribution in [0.15, 0.2) is 0 Å². The van der Waals surface area contributed by atoms with Crippen molar-refractivity contribution in [3.63, 3.8) is 0 Å². The highest BCUT2D eigenvalue weighted by atomic mass is 127. The second kappa shape index (κ2) is 9.25. The summed E-state index contributed by atoms with van der Waals surface area (Å²) in [6.07, 6.45) is 8.25. The van der Waals surface area contributed by atoms with Gasteiger partial charge in [-0.25, -0.2) is 0 Å². The molecule has 0 aliphatic heterocycles. The average molecular weight is 298 g/mol. The average Bonchev–Trinajstić information content (AvgIpc) is 2.18. The number of halogens is 1. The summed E-state index contributed by atoms with van der Waals surface area (Å²) >= 11 is 2.55. The smallest absolute Gasteiger partial charge is 0.0568 e. The molecule has 0 aliphatic rings. The van der Waals surface area contributed by atoms with E-state index in [-0.39, 0.29) is 0 Å². The quantitative estimate of drug-likeness (QED) is 0.371. The van der Waals surface area contributed by atoms with Gasteiger partial charge in [-0.3, -0.25) is 0 Å². The lowest BCUT2D eigenvalue weighted by Crippen LogP contribution is -2.08. The van der Waals surface area contributed by atoms with Gasteiger partial charge in [0.25, 0.3) is 0 Å². The van der Waals surface area contributed by atoms with Crippen molar-refractivity contribution in [2.24, 2.45) is 0 Å². The highest BCUT2D eigenvalue weighted by Crippen LogP contribution is 2.16. The predicted octanol–water partition coefficient (Wildman–Crippen LogP) is 4.19. The van der Waals surface area contributed by atoms with Gasteiger partial charge in [0.05, 0.1) is 6.10 Å². The van der Waals surface area contributed by atoms with Crippen LogP contribution in [-0.2, 0) is 4.74 Å².